The molecule has 18 heavy (non-hydrogen) atoms. The maximum absolute atomic E-state index is 11.8. The summed E-state index contributed by atoms with van der Waals surface area (Å²) in [6, 6.07) is 0.731. The summed E-state index contributed by atoms with van der Waals surface area (Å²) in [6.45, 7) is 4.10. The number of ether oxygens (including phenoxy) is 1. The summed E-state index contributed by atoms with van der Waals surface area (Å²) < 4.78 is 6.14. The molecule has 1 amide bonds. The minimum absolute atomic E-state index is 0.256. The van der Waals surface area contributed by atoms with Crippen molar-refractivity contribution in [3.8, 4) is 0 Å². The quantitative estimate of drug-likeness (QED) is 0.452. The molecular weight excluding hydrogens is 240 g/mol. The molecule has 0 aliphatic rings. The zero-order valence-corrected chi connectivity index (χ0v) is 10.5. The highest BCUT2D eigenvalue weighted by molar-refractivity contribution is 5.79. The van der Waals surface area contributed by atoms with Gasteiger partial charge in [0.25, 0.3) is 0 Å². The third-order valence-corrected chi connectivity index (χ3v) is 2.45. The van der Waals surface area contributed by atoms with Crippen LogP contribution in [-0.2, 0) is 9.53 Å². The zero-order chi connectivity index (χ0) is 13.7. The fourth-order valence-corrected chi connectivity index (χ4v) is 1.49. The van der Waals surface area contributed by atoms with Crippen LogP contribution < -0.4 is 5.32 Å². The van der Waals surface area contributed by atoms with E-state index in [1.54, 1.807) is 13.8 Å². The topological polar surface area (TPSA) is 99.3 Å². The Hall–Kier alpha value is -1.96. The standard InChI is InChI=1S/C10H16N4O4/c1-7-6-9(14(16)17)12-13(7)8(2)10(15)11-4-5-18-3/h6,8H,4-5H2,1-3H3,(H,11,15). The largest absolute Gasteiger partial charge is 0.390 e. The molecule has 0 radical (unpaired) electrons. The van der Waals surface area contributed by atoms with Gasteiger partial charge in [0.2, 0.25) is 5.91 Å². The van der Waals surface area contributed by atoms with Crippen molar-refractivity contribution in [1.29, 1.82) is 0 Å². The molecule has 0 aromatic carbocycles. The highest BCUT2D eigenvalue weighted by Gasteiger charge is 2.24. The summed E-state index contributed by atoms with van der Waals surface area (Å²) in [6.07, 6.45) is 0. The second-order valence-corrected chi connectivity index (χ2v) is 3.81. The number of hydrogen-bond donors (Lipinski definition) is 1. The van der Waals surface area contributed by atoms with Gasteiger partial charge >= 0.3 is 5.82 Å². The molecule has 0 spiro atoms. The summed E-state index contributed by atoms with van der Waals surface area (Å²) in [5.41, 5.74) is 0.566. The van der Waals surface area contributed by atoms with Crippen LogP contribution in [-0.4, -0.2) is 40.9 Å². The number of rotatable bonds is 6. The molecule has 1 heterocycles. The number of carbonyl (C=O) groups excluding carboxylic acids is 1. The van der Waals surface area contributed by atoms with E-state index in [0.717, 1.165) is 0 Å². The van der Waals surface area contributed by atoms with Gasteiger partial charge in [0, 0.05) is 13.7 Å². The molecule has 0 aliphatic carbocycles. The van der Waals surface area contributed by atoms with Gasteiger partial charge in [-0.05, 0) is 18.8 Å². The van der Waals surface area contributed by atoms with E-state index in [4.69, 9.17) is 4.74 Å². The Morgan fingerprint density at radius 1 is 1.72 bits per heavy atom. The van der Waals surface area contributed by atoms with E-state index in [2.05, 4.69) is 10.4 Å². The van der Waals surface area contributed by atoms with Crippen molar-refractivity contribution in [1.82, 2.24) is 15.1 Å². The number of nitro groups is 1. The van der Waals surface area contributed by atoms with Crippen LogP contribution in [0.4, 0.5) is 5.82 Å². The Morgan fingerprint density at radius 3 is 2.89 bits per heavy atom. The minimum atomic E-state index is -0.601. The SMILES string of the molecule is COCCNC(=O)C(C)n1nc([N+](=O)[O-])cc1C. The van der Waals surface area contributed by atoms with E-state index in [1.165, 1.54) is 17.9 Å². The molecule has 1 aromatic rings. The summed E-state index contributed by atoms with van der Waals surface area (Å²) >= 11 is 0. The first-order chi connectivity index (χ1) is 8.47. The number of carbonyl (C=O) groups is 1. The van der Waals surface area contributed by atoms with Crippen LogP contribution in [0.1, 0.15) is 18.7 Å². The molecular formula is C10H16N4O4. The number of aryl methyl sites for hydroxylation is 1. The van der Waals surface area contributed by atoms with Crippen LogP contribution in [0.15, 0.2) is 6.07 Å². The van der Waals surface area contributed by atoms with Crippen LogP contribution in [0.25, 0.3) is 0 Å². The van der Waals surface area contributed by atoms with Crippen LogP contribution in [0, 0.1) is 17.0 Å². The van der Waals surface area contributed by atoms with Gasteiger partial charge in [-0.3, -0.25) is 4.79 Å². The first-order valence-corrected chi connectivity index (χ1v) is 5.44. The maximum Gasteiger partial charge on any atom is 0.390 e. The maximum atomic E-state index is 11.8. The molecule has 100 valence electrons. The number of nitrogens with zero attached hydrogens (tertiary/aromatic N) is 3. The van der Waals surface area contributed by atoms with Crippen molar-refractivity contribution in [2.24, 2.45) is 0 Å². The van der Waals surface area contributed by atoms with Gasteiger partial charge in [0.05, 0.1) is 23.5 Å². The average Bonchev–Trinajstić information content (AvgIpc) is 2.70. The molecule has 1 atom stereocenters. The molecule has 1 aromatic heterocycles. The van der Waals surface area contributed by atoms with Crippen molar-refractivity contribution in [3.05, 3.63) is 21.9 Å². The predicted molar refractivity (Wildman–Crippen MR) is 63.2 cm³/mol. The number of hydrogen-bond acceptors (Lipinski definition) is 5. The average molecular weight is 256 g/mol. The normalized spacial score (nSPS) is 12.2. The number of aromatic nitrogens is 2. The summed E-state index contributed by atoms with van der Waals surface area (Å²) in [5.74, 6) is -0.516. The monoisotopic (exact) mass is 256 g/mol. The van der Waals surface area contributed by atoms with Gasteiger partial charge in [0.15, 0.2) is 0 Å². The van der Waals surface area contributed by atoms with Crippen LogP contribution in [0.2, 0.25) is 0 Å². The highest BCUT2D eigenvalue weighted by atomic mass is 16.6. The smallest absolute Gasteiger partial charge is 0.383 e. The first-order valence-electron chi connectivity index (χ1n) is 5.44. The third kappa shape index (κ3) is 3.27. The van der Waals surface area contributed by atoms with Gasteiger partial charge in [-0.25, -0.2) is 0 Å². The lowest BCUT2D eigenvalue weighted by molar-refractivity contribution is -0.389. The second kappa shape index (κ2) is 6.10. The van der Waals surface area contributed by atoms with Crippen molar-refractivity contribution in [2.45, 2.75) is 19.9 Å². The third-order valence-electron chi connectivity index (χ3n) is 2.45. The zero-order valence-electron chi connectivity index (χ0n) is 10.5. The molecule has 0 fully saturated rings. The van der Waals surface area contributed by atoms with Crippen molar-refractivity contribution < 1.29 is 14.5 Å². The second-order valence-electron chi connectivity index (χ2n) is 3.81. The van der Waals surface area contributed by atoms with Gasteiger partial charge in [-0.1, -0.05) is 0 Å². The molecule has 1 rings (SSSR count). The molecule has 1 unspecified atom stereocenters. The summed E-state index contributed by atoms with van der Waals surface area (Å²) in [4.78, 5) is 21.8. The fourth-order valence-electron chi connectivity index (χ4n) is 1.49. The van der Waals surface area contributed by atoms with Gasteiger partial charge in [0.1, 0.15) is 6.04 Å². The Labute approximate surface area is 104 Å². The Bertz CT molecular complexity index is 443. The van der Waals surface area contributed by atoms with Gasteiger partial charge in [-0.2, -0.15) is 4.68 Å². The molecule has 0 bridgehead atoms. The fraction of sp³-hybridized carbons (Fsp3) is 0.600. The lowest BCUT2D eigenvalue weighted by atomic mass is 10.3. The first kappa shape index (κ1) is 14.1. The molecule has 8 nitrogen and oxygen atoms in total. The lowest BCUT2D eigenvalue weighted by Crippen LogP contribution is -2.34. The van der Waals surface area contributed by atoms with Crippen LogP contribution in [0.3, 0.4) is 0 Å². The van der Waals surface area contributed by atoms with Crippen molar-refractivity contribution in [2.75, 3.05) is 20.3 Å². The highest BCUT2D eigenvalue weighted by Crippen LogP contribution is 2.15. The van der Waals surface area contributed by atoms with E-state index in [9.17, 15) is 14.9 Å². The Balaban J connectivity index is 2.74. The van der Waals surface area contributed by atoms with Crippen molar-refractivity contribution >= 4 is 11.7 Å². The Kier molecular flexibility index (Phi) is 4.78. The van der Waals surface area contributed by atoms with E-state index >= 15 is 0 Å². The van der Waals surface area contributed by atoms with E-state index in [-0.39, 0.29) is 11.7 Å². The Morgan fingerprint density at radius 2 is 2.39 bits per heavy atom. The van der Waals surface area contributed by atoms with E-state index < -0.39 is 11.0 Å². The van der Waals surface area contributed by atoms with Crippen LogP contribution >= 0.6 is 0 Å². The summed E-state index contributed by atoms with van der Waals surface area (Å²) in [5, 5.41) is 17.0. The molecule has 0 aliphatic heterocycles. The predicted octanol–water partition coefficient (Wildman–Crippen LogP) is 0.423. The van der Waals surface area contributed by atoms with Crippen molar-refractivity contribution in [3.63, 3.8) is 0 Å². The number of nitrogens with one attached hydrogen (secondary N) is 1. The van der Waals surface area contributed by atoms with Gasteiger partial charge < -0.3 is 20.2 Å². The van der Waals surface area contributed by atoms with E-state index in [1.807, 2.05) is 0 Å². The number of methoxy groups -OCH3 is 1. The molecule has 0 saturated carbocycles. The van der Waals surface area contributed by atoms with Crippen LogP contribution in [0.5, 0.6) is 0 Å². The summed E-state index contributed by atoms with van der Waals surface area (Å²) in [7, 11) is 1.54. The molecule has 8 heteroatoms. The minimum Gasteiger partial charge on any atom is -0.383 e. The number of amides is 1. The lowest BCUT2D eigenvalue weighted by Gasteiger charge is -2.10. The molecule has 0 saturated heterocycles. The van der Waals surface area contributed by atoms with Gasteiger partial charge in [-0.15, -0.1) is 0 Å². The van der Waals surface area contributed by atoms with E-state index in [0.29, 0.717) is 18.8 Å². The molecule has 1 N–H and O–H groups in total.